The monoisotopic (exact) mass is 211 g/mol. The highest BCUT2D eigenvalue weighted by molar-refractivity contribution is 5.51. The largest absolute Gasteiger partial charge is 0.497 e. The summed E-state index contributed by atoms with van der Waals surface area (Å²) in [6.07, 6.45) is 0. The third kappa shape index (κ3) is 2.53. The van der Waals surface area contributed by atoms with Crippen molar-refractivity contribution in [3.63, 3.8) is 0 Å². The Morgan fingerprint density at radius 1 is 1.07 bits per heavy atom. The van der Waals surface area contributed by atoms with Crippen molar-refractivity contribution in [3.8, 4) is 17.2 Å². The second kappa shape index (κ2) is 5.46. The first-order valence-electron chi connectivity index (χ1n) is 4.70. The fraction of sp³-hybridized carbons (Fsp3) is 0.455. The molecular formula is C11H17NO3. The normalized spacial score (nSPS) is 9.87. The molecule has 0 radical (unpaired) electrons. The molecular weight excluding hydrogens is 194 g/mol. The van der Waals surface area contributed by atoms with Gasteiger partial charge in [-0.15, -0.1) is 0 Å². The zero-order chi connectivity index (χ0) is 11.3. The molecule has 1 aromatic carbocycles. The smallest absolute Gasteiger partial charge is 0.165 e. The van der Waals surface area contributed by atoms with E-state index >= 15 is 0 Å². The van der Waals surface area contributed by atoms with Crippen LogP contribution in [-0.4, -0.2) is 28.4 Å². The van der Waals surface area contributed by atoms with Gasteiger partial charge in [-0.05, 0) is 13.1 Å². The van der Waals surface area contributed by atoms with Gasteiger partial charge in [-0.2, -0.15) is 0 Å². The molecule has 0 saturated heterocycles. The Bertz CT molecular complexity index is 326. The van der Waals surface area contributed by atoms with Crippen molar-refractivity contribution in [2.45, 2.75) is 6.54 Å². The van der Waals surface area contributed by atoms with E-state index in [4.69, 9.17) is 14.2 Å². The van der Waals surface area contributed by atoms with Crippen LogP contribution in [0.3, 0.4) is 0 Å². The maximum absolute atomic E-state index is 5.30. The number of hydrogen-bond acceptors (Lipinski definition) is 4. The van der Waals surface area contributed by atoms with E-state index in [1.165, 1.54) is 0 Å². The Hall–Kier alpha value is -1.42. The van der Waals surface area contributed by atoms with Crippen LogP contribution >= 0.6 is 0 Å². The summed E-state index contributed by atoms with van der Waals surface area (Å²) in [6, 6.07) is 3.73. The van der Waals surface area contributed by atoms with Crippen LogP contribution in [0.15, 0.2) is 12.1 Å². The summed E-state index contributed by atoms with van der Waals surface area (Å²) in [4.78, 5) is 0. The standard InChI is InChI=1S/C11H17NO3/c1-12-7-8-5-9(13-2)6-10(14-3)11(8)15-4/h5-6,12H,7H2,1-4H3. The van der Waals surface area contributed by atoms with Gasteiger partial charge in [0.1, 0.15) is 5.75 Å². The fourth-order valence-electron chi connectivity index (χ4n) is 1.45. The van der Waals surface area contributed by atoms with E-state index in [-0.39, 0.29) is 0 Å². The third-order valence-corrected chi connectivity index (χ3v) is 2.13. The summed E-state index contributed by atoms with van der Waals surface area (Å²) in [6.45, 7) is 0.705. The molecule has 0 aromatic heterocycles. The van der Waals surface area contributed by atoms with Gasteiger partial charge in [0.15, 0.2) is 11.5 Å². The molecule has 0 atom stereocenters. The maximum atomic E-state index is 5.30. The van der Waals surface area contributed by atoms with Crippen LogP contribution < -0.4 is 19.5 Å². The lowest BCUT2D eigenvalue weighted by molar-refractivity contribution is 0.345. The topological polar surface area (TPSA) is 39.7 Å². The Morgan fingerprint density at radius 3 is 2.27 bits per heavy atom. The summed E-state index contributed by atoms with van der Waals surface area (Å²) in [5.41, 5.74) is 1.01. The van der Waals surface area contributed by atoms with Crippen molar-refractivity contribution >= 4 is 0 Å². The molecule has 0 aliphatic heterocycles. The Labute approximate surface area is 90.1 Å². The molecule has 1 aromatic rings. The number of rotatable bonds is 5. The maximum Gasteiger partial charge on any atom is 0.165 e. The van der Waals surface area contributed by atoms with Crippen molar-refractivity contribution in [2.24, 2.45) is 0 Å². The minimum absolute atomic E-state index is 0.683. The van der Waals surface area contributed by atoms with Crippen LogP contribution in [0.5, 0.6) is 17.2 Å². The molecule has 0 saturated carbocycles. The first-order chi connectivity index (χ1) is 7.26. The molecule has 1 N–H and O–H groups in total. The highest BCUT2D eigenvalue weighted by atomic mass is 16.5. The van der Waals surface area contributed by atoms with Crippen molar-refractivity contribution < 1.29 is 14.2 Å². The van der Waals surface area contributed by atoms with E-state index in [1.54, 1.807) is 27.4 Å². The summed E-state index contributed by atoms with van der Waals surface area (Å²) in [5, 5.41) is 3.07. The van der Waals surface area contributed by atoms with Gasteiger partial charge in [-0.3, -0.25) is 0 Å². The number of ether oxygens (including phenoxy) is 3. The summed E-state index contributed by atoms with van der Waals surface area (Å²) in [7, 11) is 6.75. The van der Waals surface area contributed by atoms with Gasteiger partial charge in [-0.25, -0.2) is 0 Å². The van der Waals surface area contributed by atoms with E-state index < -0.39 is 0 Å². The van der Waals surface area contributed by atoms with E-state index in [0.29, 0.717) is 12.3 Å². The molecule has 1 rings (SSSR count). The van der Waals surface area contributed by atoms with Crippen molar-refractivity contribution in [1.82, 2.24) is 5.32 Å². The molecule has 4 nitrogen and oxygen atoms in total. The number of hydrogen-bond donors (Lipinski definition) is 1. The summed E-state index contributed by atoms with van der Waals surface area (Å²) in [5.74, 6) is 2.19. The van der Waals surface area contributed by atoms with Gasteiger partial charge in [-0.1, -0.05) is 0 Å². The van der Waals surface area contributed by atoms with Gasteiger partial charge >= 0.3 is 0 Å². The average Bonchev–Trinajstić information content (AvgIpc) is 2.28. The molecule has 15 heavy (non-hydrogen) atoms. The van der Waals surface area contributed by atoms with Crippen LogP contribution in [0.25, 0.3) is 0 Å². The number of nitrogens with one attached hydrogen (secondary N) is 1. The first-order valence-corrected chi connectivity index (χ1v) is 4.70. The number of methoxy groups -OCH3 is 3. The Kier molecular flexibility index (Phi) is 4.24. The SMILES string of the molecule is CNCc1cc(OC)cc(OC)c1OC. The van der Waals surface area contributed by atoms with Crippen LogP contribution in [0.1, 0.15) is 5.56 Å². The number of benzene rings is 1. The minimum Gasteiger partial charge on any atom is -0.497 e. The van der Waals surface area contributed by atoms with Crippen molar-refractivity contribution in [1.29, 1.82) is 0 Å². The Balaban J connectivity index is 3.19. The zero-order valence-corrected chi connectivity index (χ0v) is 9.59. The third-order valence-electron chi connectivity index (χ3n) is 2.13. The van der Waals surface area contributed by atoms with Gasteiger partial charge in [0.2, 0.25) is 0 Å². The summed E-state index contributed by atoms with van der Waals surface area (Å²) >= 11 is 0. The molecule has 0 aliphatic rings. The molecule has 0 unspecified atom stereocenters. The van der Waals surface area contributed by atoms with Crippen molar-refractivity contribution in [3.05, 3.63) is 17.7 Å². The van der Waals surface area contributed by atoms with E-state index in [2.05, 4.69) is 5.32 Å². The quantitative estimate of drug-likeness (QED) is 0.799. The van der Waals surface area contributed by atoms with Crippen LogP contribution in [0.4, 0.5) is 0 Å². The zero-order valence-electron chi connectivity index (χ0n) is 9.59. The van der Waals surface area contributed by atoms with Gasteiger partial charge in [0.25, 0.3) is 0 Å². The van der Waals surface area contributed by atoms with Crippen LogP contribution in [-0.2, 0) is 6.54 Å². The lowest BCUT2D eigenvalue weighted by atomic mass is 10.1. The molecule has 0 fully saturated rings. The molecule has 0 bridgehead atoms. The molecule has 0 aliphatic carbocycles. The second-order valence-electron chi connectivity index (χ2n) is 3.05. The predicted molar refractivity (Wildman–Crippen MR) is 58.9 cm³/mol. The van der Waals surface area contributed by atoms with E-state index in [0.717, 1.165) is 17.1 Å². The van der Waals surface area contributed by atoms with Crippen LogP contribution in [0.2, 0.25) is 0 Å². The van der Waals surface area contributed by atoms with Gasteiger partial charge < -0.3 is 19.5 Å². The first kappa shape index (κ1) is 11.7. The highest BCUT2D eigenvalue weighted by Crippen LogP contribution is 2.35. The molecule has 4 heteroatoms. The molecule has 0 amide bonds. The Morgan fingerprint density at radius 2 is 1.80 bits per heavy atom. The van der Waals surface area contributed by atoms with E-state index in [1.807, 2.05) is 13.1 Å². The fourth-order valence-corrected chi connectivity index (χ4v) is 1.45. The molecule has 0 spiro atoms. The van der Waals surface area contributed by atoms with Gasteiger partial charge in [0, 0.05) is 18.2 Å². The molecule has 0 heterocycles. The van der Waals surface area contributed by atoms with Gasteiger partial charge in [0.05, 0.1) is 21.3 Å². The van der Waals surface area contributed by atoms with Crippen LogP contribution in [0, 0.1) is 0 Å². The molecule has 84 valence electrons. The van der Waals surface area contributed by atoms with Crippen molar-refractivity contribution in [2.75, 3.05) is 28.4 Å². The highest BCUT2D eigenvalue weighted by Gasteiger charge is 2.11. The lowest BCUT2D eigenvalue weighted by Gasteiger charge is -2.14. The average molecular weight is 211 g/mol. The second-order valence-corrected chi connectivity index (χ2v) is 3.05. The lowest BCUT2D eigenvalue weighted by Crippen LogP contribution is -2.07. The minimum atomic E-state index is 0.683. The summed E-state index contributed by atoms with van der Waals surface area (Å²) < 4.78 is 15.7. The van der Waals surface area contributed by atoms with E-state index in [9.17, 15) is 0 Å². The predicted octanol–water partition coefficient (Wildman–Crippen LogP) is 1.43.